The predicted octanol–water partition coefficient (Wildman–Crippen LogP) is 3.05. The van der Waals surface area contributed by atoms with Gasteiger partial charge in [0.1, 0.15) is 0 Å². The van der Waals surface area contributed by atoms with Gasteiger partial charge in [-0.25, -0.2) is 0 Å². The minimum absolute atomic E-state index is 0.0197. The normalized spacial score (nSPS) is 13.8. The lowest BCUT2D eigenvalue weighted by atomic mass is 10.2. The van der Waals surface area contributed by atoms with E-state index in [2.05, 4.69) is 5.32 Å². The van der Waals surface area contributed by atoms with Crippen LogP contribution in [0.2, 0.25) is 0 Å². The van der Waals surface area contributed by atoms with Gasteiger partial charge in [0.25, 0.3) is 5.91 Å². The van der Waals surface area contributed by atoms with Crippen LogP contribution in [0.1, 0.15) is 25.7 Å². The molecule has 0 bridgehead atoms. The van der Waals surface area contributed by atoms with Crippen LogP contribution in [0, 0.1) is 0 Å². The summed E-state index contributed by atoms with van der Waals surface area (Å²) in [6, 6.07) is 9.62. The number of thioether (sulfide) groups is 1. The third-order valence-electron chi connectivity index (χ3n) is 3.28. The molecule has 3 nitrogen and oxygen atoms in total. The van der Waals surface area contributed by atoms with Crippen LogP contribution in [0.3, 0.4) is 0 Å². The molecule has 3 N–H and O–H groups in total. The second kappa shape index (κ2) is 5.89. The maximum absolute atomic E-state index is 12.2. The minimum Gasteiger partial charge on any atom is -0.399 e. The smallest absolute Gasteiger partial charge is 0.261 e. The molecule has 1 aromatic carbocycles. The Kier molecular flexibility index (Phi) is 3.98. The molecule has 0 fully saturated rings. The van der Waals surface area contributed by atoms with E-state index in [-0.39, 0.29) is 5.91 Å². The molecule has 1 aliphatic heterocycles. The van der Waals surface area contributed by atoms with E-state index in [1.165, 1.54) is 16.2 Å². The zero-order chi connectivity index (χ0) is 13.9. The van der Waals surface area contributed by atoms with Crippen LogP contribution in [0.15, 0.2) is 30.3 Å². The van der Waals surface area contributed by atoms with Gasteiger partial charge in [0, 0.05) is 22.9 Å². The fraction of sp³-hybridized carbons (Fsp3) is 0.267. The third-order valence-corrected chi connectivity index (χ3v) is 5.53. The van der Waals surface area contributed by atoms with Crippen LogP contribution >= 0.6 is 23.1 Å². The van der Waals surface area contributed by atoms with Crippen LogP contribution in [0.25, 0.3) is 0 Å². The van der Waals surface area contributed by atoms with Gasteiger partial charge in [0.15, 0.2) is 0 Å². The molecule has 0 saturated heterocycles. The van der Waals surface area contributed by atoms with Gasteiger partial charge in [-0.1, -0.05) is 12.1 Å². The summed E-state index contributed by atoms with van der Waals surface area (Å²) in [5.74, 6) is 2.23. The van der Waals surface area contributed by atoms with E-state index in [1.807, 2.05) is 42.1 Å². The van der Waals surface area contributed by atoms with Crippen molar-refractivity contribution in [3.05, 3.63) is 51.2 Å². The first kappa shape index (κ1) is 13.5. The number of hydrogen-bond acceptors (Lipinski definition) is 4. The van der Waals surface area contributed by atoms with Gasteiger partial charge in [0.2, 0.25) is 0 Å². The predicted molar refractivity (Wildman–Crippen MR) is 86.2 cm³/mol. The summed E-state index contributed by atoms with van der Waals surface area (Å²) in [5, 5.41) is 2.97. The Morgan fingerprint density at radius 3 is 2.85 bits per heavy atom. The average Bonchev–Trinajstić information content (AvgIpc) is 2.90. The van der Waals surface area contributed by atoms with Gasteiger partial charge in [-0.05, 0) is 41.5 Å². The number of amides is 1. The largest absolute Gasteiger partial charge is 0.399 e. The molecular weight excluding hydrogens is 288 g/mol. The highest BCUT2D eigenvalue weighted by molar-refractivity contribution is 7.98. The summed E-state index contributed by atoms with van der Waals surface area (Å²) in [6.07, 6.45) is 1.09. The number of carbonyl (C=O) groups is 1. The molecule has 0 saturated carbocycles. The summed E-state index contributed by atoms with van der Waals surface area (Å²) >= 11 is 3.57. The highest BCUT2D eigenvalue weighted by atomic mass is 32.2. The molecule has 0 aliphatic carbocycles. The van der Waals surface area contributed by atoms with Crippen molar-refractivity contribution in [2.45, 2.75) is 18.7 Å². The summed E-state index contributed by atoms with van der Waals surface area (Å²) in [4.78, 5) is 14.4. The quantitative estimate of drug-likeness (QED) is 0.857. The first-order valence-corrected chi connectivity index (χ1v) is 8.51. The zero-order valence-corrected chi connectivity index (χ0v) is 12.7. The molecule has 0 unspecified atom stereocenters. The van der Waals surface area contributed by atoms with E-state index in [0.717, 1.165) is 28.3 Å². The van der Waals surface area contributed by atoms with Crippen molar-refractivity contribution < 1.29 is 4.79 Å². The Balaban J connectivity index is 1.64. The van der Waals surface area contributed by atoms with Gasteiger partial charge in [0.05, 0.1) is 4.88 Å². The maximum Gasteiger partial charge on any atom is 0.261 e. The second-order valence-electron chi connectivity index (χ2n) is 4.79. The van der Waals surface area contributed by atoms with Gasteiger partial charge in [-0.3, -0.25) is 4.79 Å². The van der Waals surface area contributed by atoms with E-state index in [4.69, 9.17) is 5.73 Å². The van der Waals surface area contributed by atoms with E-state index >= 15 is 0 Å². The lowest BCUT2D eigenvalue weighted by molar-refractivity contribution is 0.0955. The van der Waals surface area contributed by atoms with Crippen molar-refractivity contribution in [2.24, 2.45) is 0 Å². The fourth-order valence-electron chi connectivity index (χ4n) is 2.16. The molecule has 0 atom stereocenters. The third kappa shape index (κ3) is 2.99. The number of rotatable bonds is 3. The van der Waals surface area contributed by atoms with Crippen LogP contribution in [0.4, 0.5) is 5.69 Å². The molecule has 0 spiro atoms. The lowest BCUT2D eigenvalue weighted by Gasteiger charge is -2.08. The minimum atomic E-state index is 0.0197. The maximum atomic E-state index is 12.2. The number of thiophene rings is 1. The van der Waals surface area contributed by atoms with E-state index < -0.39 is 0 Å². The number of aryl methyl sites for hydroxylation is 1. The molecule has 0 radical (unpaired) electrons. The van der Waals surface area contributed by atoms with Gasteiger partial charge in [-0.2, -0.15) is 11.8 Å². The zero-order valence-electron chi connectivity index (χ0n) is 11.0. The first-order chi connectivity index (χ1) is 9.72. The van der Waals surface area contributed by atoms with Gasteiger partial charge < -0.3 is 11.1 Å². The number of fused-ring (bicyclic) bond motifs is 1. The highest BCUT2D eigenvalue weighted by Crippen LogP contribution is 2.31. The van der Waals surface area contributed by atoms with Crippen molar-refractivity contribution in [1.29, 1.82) is 0 Å². The molecule has 5 heteroatoms. The number of anilines is 1. The van der Waals surface area contributed by atoms with Crippen LogP contribution in [-0.2, 0) is 18.7 Å². The molecule has 104 valence electrons. The number of carbonyl (C=O) groups excluding carboxylic acids is 1. The molecular formula is C15H16N2OS2. The molecule has 1 aromatic heterocycles. The number of hydrogen-bond donors (Lipinski definition) is 2. The van der Waals surface area contributed by atoms with Gasteiger partial charge in [-0.15, -0.1) is 11.3 Å². The molecule has 1 aliphatic rings. The molecule has 20 heavy (non-hydrogen) atoms. The van der Waals surface area contributed by atoms with Crippen LogP contribution in [0.5, 0.6) is 0 Å². The highest BCUT2D eigenvalue weighted by Gasteiger charge is 2.17. The van der Waals surface area contributed by atoms with Crippen molar-refractivity contribution in [3.63, 3.8) is 0 Å². The van der Waals surface area contributed by atoms with E-state index in [9.17, 15) is 4.79 Å². The lowest BCUT2D eigenvalue weighted by Crippen LogP contribution is -2.21. The first-order valence-electron chi connectivity index (χ1n) is 6.54. The fourth-order valence-corrected chi connectivity index (χ4v) is 4.45. The monoisotopic (exact) mass is 304 g/mol. The second-order valence-corrected chi connectivity index (χ2v) is 7.03. The van der Waals surface area contributed by atoms with Crippen LogP contribution in [-0.4, -0.2) is 11.7 Å². The Morgan fingerprint density at radius 1 is 1.30 bits per heavy atom. The van der Waals surface area contributed by atoms with E-state index in [1.54, 1.807) is 11.3 Å². The Labute approximate surface area is 126 Å². The van der Waals surface area contributed by atoms with Gasteiger partial charge >= 0.3 is 0 Å². The average molecular weight is 304 g/mol. The molecule has 1 amide bonds. The van der Waals surface area contributed by atoms with Crippen molar-refractivity contribution >= 4 is 34.7 Å². The summed E-state index contributed by atoms with van der Waals surface area (Å²) in [7, 11) is 0. The SMILES string of the molecule is Nc1ccc(CNC(=O)c2cc3c(s2)CCSC3)cc1. The van der Waals surface area contributed by atoms with Crippen LogP contribution < -0.4 is 11.1 Å². The topological polar surface area (TPSA) is 55.1 Å². The van der Waals surface area contributed by atoms with E-state index in [0.29, 0.717) is 6.54 Å². The number of nitrogens with one attached hydrogen (secondary N) is 1. The Bertz CT molecular complexity index is 596. The van der Waals surface area contributed by atoms with Crippen molar-refractivity contribution in [3.8, 4) is 0 Å². The Morgan fingerprint density at radius 2 is 2.10 bits per heavy atom. The Hall–Kier alpha value is -1.46. The summed E-state index contributed by atoms with van der Waals surface area (Å²) < 4.78 is 0. The standard InChI is InChI=1S/C15H16N2OS2/c16-12-3-1-10(2-4-12)8-17-15(18)14-7-11-9-19-6-5-13(11)20-14/h1-4,7H,5-6,8-9,16H2,(H,17,18). The summed E-state index contributed by atoms with van der Waals surface area (Å²) in [5.41, 5.74) is 8.78. The van der Waals surface area contributed by atoms with Crippen molar-refractivity contribution in [2.75, 3.05) is 11.5 Å². The number of nitrogen functional groups attached to an aromatic ring is 1. The number of nitrogens with two attached hydrogens (primary N) is 1. The molecule has 2 heterocycles. The van der Waals surface area contributed by atoms with Crippen molar-refractivity contribution in [1.82, 2.24) is 5.32 Å². The number of benzene rings is 1. The molecule has 2 aromatic rings. The molecule has 3 rings (SSSR count). The summed E-state index contributed by atoms with van der Waals surface area (Å²) in [6.45, 7) is 0.538.